The van der Waals surface area contributed by atoms with Crippen LogP contribution in [0.5, 0.6) is 0 Å². The summed E-state index contributed by atoms with van der Waals surface area (Å²) in [6.07, 6.45) is 4.58. The Morgan fingerprint density at radius 3 is 2.35 bits per heavy atom. The largest absolute Gasteiger partial charge is 0.373 e. The molecule has 4 aliphatic rings. The molecule has 0 aromatic heterocycles. The van der Waals surface area contributed by atoms with Gasteiger partial charge in [0.1, 0.15) is 0 Å². The molecule has 0 aliphatic carbocycles. The smallest absolute Gasteiger partial charge is 0.282 e. The monoisotopic (exact) mass is 473 g/mol. The third-order valence-corrected chi connectivity index (χ3v) is 8.77. The lowest BCUT2D eigenvalue weighted by atomic mass is 10.1. The number of amidine groups is 1. The Balaban J connectivity index is 1.44. The quantitative estimate of drug-likeness (QED) is 0.515. The highest BCUT2D eigenvalue weighted by molar-refractivity contribution is 7.90. The van der Waals surface area contributed by atoms with E-state index in [1.807, 2.05) is 13.8 Å². The maximum absolute atomic E-state index is 13.1. The average molecular weight is 474 g/mol. The molecule has 0 spiro atoms. The first-order valence-electron chi connectivity index (χ1n) is 10.2. The summed E-state index contributed by atoms with van der Waals surface area (Å²) < 4.78 is 62.2. The van der Waals surface area contributed by atoms with Crippen molar-refractivity contribution in [3.8, 4) is 0 Å². The molecule has 4 heterocycles. The second-order valence-corrected chi connectivity index (χ2v) is 11.8. The molecule has 0 aromatic carbocycles. The Kier molecular flexibility index (Phi) is 5.98. The topological polar surface area (TPSA) is 120 Å². The molecule has 4 aliphatic heterocycles. The summed E-state index contributed by atoms with van der Waals surface area (Å²) in [5.41, 5.74) is 0.206. The number of amides is 1. The maximum atomic E-state index is 13.1. The van der Waals surface area contributed by atoms with Gasteiger partial charge in [-0.3, -0.25) is 4.79 Å². The van der Waals surface area contributed by atoms with Crippen LogP contribution in [-0.4, -0.2) is 111 Å². The summed E-state index contributed by atoms with van der Waals surface area (Å²) in [6.45, 7) is 5.31. The van der Waals surface area contributed by atoms with Crippen molar-refractivity contribution in [2.45, 2.75) is 26.1 Å². The van der Waals surface area contributed by atoms with Crippen molar-refractivity contribution < 1.29 is 26.4 Å². The molecule has 0 aromatic rings. The zero-order valence-electron chi connectivity index (χ0n) is 17.5. The number of carbonyl (C=O) groups is 1. The second-order valence-electron chi connectivity index (χ2n) is 8.09. The number of allylic oxidation sites excluding steroid dienone is 2. The predicted octanol–water partition coefficient (Wildman–Crippen LogP) is -1.02. The van der Waals surface area contributed by atoms with Gasteiger partial charge in [0.15, 0.2) is 5.84 Å². The fourth-order valence-corrected chi connectivity index (χ4v) is 6.89. The molecule has 2 fully saturated rings. The minimum Gasteiger partial charge on any atom is -0.373 e. The minimum atomic E-state index is -3.65. The van der Waals surface area contributed by atoms with Gasteiger partial charge >= 0.3 is 0 Å². The van der Waals surface area contributed by atoms with Gasteiger partial charge in [0.2, 0.25) is 0 Å². The van der Waals surface area contributed by atoms with E-state index in [1.165, 1.54) is 8.61 Å². The third kappa shape index (κ3) is 4.55. The molecule has 2 saturated heterocycles. The fourth-order valence-electron chi connectivity index (χ4n) is 4.16. The first-order valence-corrected chi connectivity index (χ1v) is 13.3. The number of rotatable bonds is 3. The normalized spacial score (nSPS) is 29.9. The van der Waals surface area contributed by atoms with Gasteiger partial charge < -0.3 is 14.5 Å². The molecule has 0 bridgehead atoms. The van der Waals surface area contributed by atoms with E-state index in [9.17, 15) is 21.6 Å². The van der Waals surface area contributed by atoms with Crippen molar-refractivity contribution >= 4 is 32.0 Å². The molecule has 172 valence electrons. The van der Waals surface area contributed by atoms with Crippen molar-refractivity contribution in [3.63, 3.8) is 0 Å². The van der Waals surface area contributed by atoms with E-state index >= 15 is 0 Å². The molecular formula is C18H27N5O6S2. The van der Waals surface area contributed by atoms with E-state index < -0.39 is 20.2 Å². The molecule has 2 atom stereocenters. The van der Waals surface area contributed by atoms with Crippen LogP contribution >= 0.6 is 0 Å². The Labute approximate surface area is 182 Å². The van der Waals surface area contributed by atoms with E-state index in [0.717, 1.165) is 0 Å². The first-order chi connectivity index (χ1) is 14.6. The number of fused-ring (bicyclic) bond motifs is 1. The van der Waals surface area contributed by atoms with Gasteiger partial charge in [0.25, 0.3) is 26.1 Å². The molecule has 13 heteroatoms. The van der Waals surface area contributed by atoms with E-state index in [-0.39, 0.29) is 68.0 Å². The van der Waals surface area contributed by atoms with Crippen molar-refractivity contribution in [1.82, 2.24) is 18.4 Å². The standard InChI is InChI=1S/C18H27N5O6S2/c1-14-12-23(13-15(2)29-14)31(27,28)22-8-6-21(7-9-22)18(24)16-4-3-5-20-10-11-30(25,26)19-17(16)20/h3-5,14-15H,6-13H2,1-2H3. The van der Waals surface area contributed by atoms with Gasteiger partial charge in [-0.25, -0.2) is 8.42 Å². The molecule has 4 rings (SSSR count). The Morgan fingerprint density at radius 2 is 1.71 bits per heavy atom. The minimum absolute atomic E-state index is 0.0996. The van der Waals surface area contributed by atoms with Crippen molar-refractivity contribution in [2.24, 2.45) is 4.40 Å². The maximum Gasteiger partial charge on any atom is 0.282 e. The van der Waals surface area contributed by atoms with Crippen LogP contribution in [0.3, 0.4) is 0 Å². The molecule has 1 amide bonds. The zero-order chi connectivity index (χ0) is 22.4. The van der Waals surface area contributed by atoms with Gasteiger partial charge in [-0.15, -0.1) is 4.40 Å². The first kappa shape index (κ1) is 22.4. The van der Waals surface area contributed by atoms with Crippen LogP contribution in [0.4, 0.5) is 0 Å². The third-order valence-electron chi connectivity index (χ3n) is 5.65. The molecule has 2 unspecified atom stereocenters. The number of ether oxygens (including phenoxy) is 1. The van der Waals surface area contributed by atoms with Crippen LogP contribution in [0.15, 0.2) is 28.3 Å². The average Bonchev–Trinajstić information content (AvgIpc) is 2.71. The fraction of sp³-hybridized carbons (Fsp3) is 0.667. The van der Waals surface area contributed by atoms with Crippen LogP contribution < -0.4 is 0 Å². The highest BCUT2D eigenvalue weighted by Gasteiger charge is 2.38. The Bertz CT molecular complexity index is 1030. The lowest BCUT2D eigenvalue weighted by Crippen LogP contribution is -2.58. The van der Waals surface area contributed by atoms with Crippen LogP contribution in [0.25, 0.3) is 0 Å². The van der Waals surface area contributed by atoms with E-state index in [4.69, 9.17) is 4.74 Å². The van der Waals surface area contributed by atoms with Crippen LogP contribution in [0, 0.1) is 0 Å². The lowest BCUT2D eigenvalue weighted by Gasteiger charge is -2.40. The number of morpholine rings is 1. The summed E-state index contributed by atoms with van der Waals surface area (Å²) in [4.78, 5) is 16.3. The highest BCUT2D eigenvalue weighted by Crippen LogP contribution is 2.22. The molecule has 11 nitrogen and oxygen atoms in total. The summed E-state index contributed by atoms with van der Waals surface area (Å²) in [6, 6.07) is 0. The van der Waals surface area contributed by atoms with Gasteiger partial charge in [0.05, 0.1) is 23.5 Å². The van der Waals surface area contributed by atoms with Crippen molar-refractivity contribution in [1.29, 1.82) is 0 Å². The number of hydrogen-bond acceptors (Lipinski definition) is 7. The summed E-state index contributed by atoms with van der Waals surface area (Å²) in [5.74, 6) is -0.321. The van der Waals surface area contributed by atoms with Gasteiger partial charge in [-0.1, -0.05) is 0 Å². The molecule has 0 saturated carbocycles. The summed E-state index contributed by atoms with van der Waals surface area (Å²) in [5, 5.41) is 0. The van der Waals surface area contributed by atoms with E-state index in [1.54, 1.807) is 28.2 Å². The highest BCUT2D eigenvalue weighted by atomic mass is 32.2. The Morgan fingerprint density at radius 1 is 1.06 bits per heavy atom. The molecular weight excluding hydrogens is 446 g/mol. The predicted molar refractivity (Wildman–Crippen MR) is 114 cm³/mol. The number of nitrogens with zero attached hydrogens (tertiary/aromatic N) is 5. The Hall–Kier alpha value is -1.80. The van der Waals surface area contributed by atoms with Crippen molar-refractivity contribution in [3.05, 3.63) is 23.9 Å². The van der Waals surface area contributed by atoms with Crippen molar-refractivity contribution in [2.75, 3.05) is 51.6 Å². The van der Waals surface area contributed by atoms with Gasteiger partial charge in [-0.05, 0) is 26.0 Å². The number of piperazine rings is 1. The molecule has 31 heavy (non-hydrogen) atoms. The van der Waals surface area contributed by atoms with E-state index in [2.05, 4.69) is 4.40 Å². The number of sulfonamides is 1. The number of carbonyl (C=O) groups excluding carboxylic acids is 1. The van der Waals surface area contributed by atoms with Crippen LogP contribution in [0.2, 0.25) is 0 Å². The van der Waals surface area contributed by atoms with Gasteiger partial charge in [-0.2, -0.15) is 17.0 Å². The lowest BCUT2D eigenvalue weighted by molar-refractivity contribution is -0.127. The second kappa shape index (κ2) is 8.28. The zero-order valence-corrected chi connectivity index (χ0v) is 19.2. The molecule has 0 radical (unpaired) electrons. The summed E-state index contributed by atoms with van der Waals surface area (Å²) >= 11 is 0. The number of hydrogen-bond donors (Lipinski definition) is 0. The SMILES string of the molecule is CC1CN(S(=O)(=O)N2CCN(C(=O)C3=CC=CN4CCS(=O)(=O)N=C34)CC2)CC(C)O1. The molecule has 0 N–H and O–H groups in total. The van der Waals surface area contributed by atoms with Crippen LogP contribution in [0.1, 0.15) is 13.8 Å². The van der Waals surface area contributed by atoms with E-state index in [0.29, 0.717) is 13.1 Å². The summed E-state index contributed by atoms with van der Waals surface area (Å²) in [7, 11) is -7.25. The van der Waals surface area contributed by atoms with Crippen LogP contribution in [-0.2, 0) is 29.8 Å². The van der Waals surface area contributed by atoms with Gasteiger partial charge in [0, 0.05) is 52.0 Å².